The van der Waals surface area contributed by atoms with Crippen molar-refractivity contribution in [3.63, 3.8) is 0 Å². The van der Waals surface area contributed by atoms with E-state index < -0.39 is 11.9 Å². The van der Waals surface area contributed by atoms with Crippen LogP contribution in [0.5, 0.6) is 0 Å². The summed E-state index contributed by atoms with van der Waals surface area (Å²) in [6, 6.07) is 3.83. The molecule has 3 N–H and O–H groups in total. The quantitative estimate of drug-likeness (QED) is 0.879. The van der Waals surface area contributed by atoms with E-state index in [1.807, 2.05) is 13.8 Å². The van der Waals surface area contributed by atoms with Gasteiger partial charge in [0.25, 0.3) is 0 Å². The van der Waals surface area contributed by atoms with Crippen LogP contribution in [0.4, 0.5) is 4.39 Å². The number of hydrogen-bond donors (Lipinski definition) is 2. The Morgan fingerprint density at radius 3 is 2.68 bits per heavy atom. The van der Waals surface area contributed by atoms with Gasteiger partial charge in [-0.3, -0.25) is 4.79 Å². The van der Waals surface area contributed by atoms with Crippen molar-refractivity contribution in [3.05, 3.63) is 34.6 Å². The van der Waals surface area contributed by atoms with E-state index in [9.17, 15) is 9.18 Å². The molecule has 0 spiro atoms. The second kappa shape index (κ2) is 8.35. The van der Waals surface area contributed by atoms with Crippen molar-refractivity contribution in [2.45, 2.75) is 32.9 Å². The highest BCUT2D eigenvalue weighted by atomic mass is 35.5. The molecular weight excluding hydrogens is 290 g/mol. The van der Waals surface area contributed by atoms with Crippen LogP contribution in [0.2, 0.25) is 5.02 Å². The Hall–Kier alpha value is -0.840. The van der Waals surface area contributed by atoms with Crippen LogP contribution >= 0.6 is 24.0 Å². The molecule has 0 aliphatic rings. The fourth-order valence-electron chi connectivity index (χ4n) is 1.47. The van der Waals surface area contributed by atoms with Gasteiger partial charge in [-0.05, 0) is 23.6 Å². The van der Waals surface area contributed by atoms with Crippen molar-refractivity contribution >= 4 is 29.9 Å². The van der Waals surface area contributed by atoms with Gasteiger partial charge in [-0.2, -0.15) is 0 Å². The molecule has 0 aromatic heterocycles. The van der Waals surface area contributed by atoms with Crippen molar-refractivity contribution in [2.24, 2.45) is 11.7 Å². The minimum atomic E-state index is -0.522. The molecule has 2 atom stereocenters. The van der Waals surface area contributed by atoms with Gasteiger partial charge in [0.15, 0.2) is 0 Å². The number of amides is 1. The predicted molar refractivity (Wildman–Crippen MR) is 77.9 cm³/mol. The first kappa shape index (κ1) is 18.2. The van der Waals surface area contributed by atoms with Crippen LogP contribution in [0.25, 0.3) is 0 Å². The van der Waals surface area contributed by atoms with Crippen LogP contribution in [0.15, 0.2) is 18.2 Å². The summed E-state index contributed by atoms with van der Waals surface area (Å²) in [6.07, 6.45) is 0.844. The fraction of sp³-hybridized carbons (Fsp3) is 0.462. The predicted octanol–water partition coefficient (Wildman–Crippen LogP) is 2.89. The lowest BCUT2D eigenvalue weighted by Crippen LogP contribution is -2.44. The smallest absolute Gasteiger partial charge is 0.237 e. The molecule has 19 heavy (non-hydrogen) atoms. The number of rotatable bonds is 5. The Kier molecular flexibility index (Phi) is 7.99. The van der Waals surface area contributed by atoms with Crippen LogP contribution in [0, 0.1) is 11.7 Å². The Bertz CT molecular complexity index is 429. The van der Waals surface area contributed by atoms with Crippen molar-refractivity contribution in [1.82, 2.24) is 5.32 Å². The average Bonchev–Trinajstić information content (AvgIpc) is 2.37. The standard InChI is InChI=1S/C13H18ClFN2O.ClH/c1-3-8(2)12(16)13(18)17-7-9-4-5-11(15)10(14)6-9;/h4-6,8,12H,3,7,16H2,1-2H3,(H,17,18);1H. The van der Waals surface area contributed by atoms with Crippen LogP contribution in [0.1, 0.15) is 25.8 Å². The molecule has 1 amide bonds. The molecule has 1 aromatic carbocycles. The molecule has 0 fully saturated rings. The third-order valence-corrected chi connectivity index (χ3v) is 3.30. The third kappa shape index (κ3) is 5.35. The zero-order chi connectivity index (χ0) is 13.7. The van der Waals surface area contributed by atoms with Gasteiger partial charge in [0.1, 0.15) is 5.82 Å². The highest BCUT2D eigenvalue weighted by Gasteiger charge is 2.18. The van der Waals surface area contributed by atoms with Crippen molar-refractivity contribution < 1.29 is 9.18 Å². The molecule has 0 saturated heterocycles. The minimum absolute atomic E-state index is 0. The first-order chi connectivity index (χ1) is 8.45. The first-order valence-corrected chi connectivity index (χ1v) is 6.30. The molecule has 3 nitrogen and oxygen atoms in total. The number of nitrogens with one attached hydrogen (secondary N) is 1. The maximum Gasteiger partial charge on any atom is 0.237 e. The van der Waals surface area contributed by atoms with E-state index in [-0.39, 0.29) is 29.3 Å². The van der Waals surface area contributed by atoms with Crippen LogP contribution in [-0.2, 0) is 11.3 Å². The first-order valence-electron chi connectivity index (χ1n) is 5.93. The summed E-state index contributed by atoms with van der Waals surface area (Å²) >= 11 is 5.65. The lowest BCUT2D eigenvalue weighted by Gasteiger charge is -2.17. The Morgan fingerprint density at radius 1 is 1.53 bits per heavy atom. The summed E-state index contributed by atoms with van der Waals surface area (Å²) in [4.78, 5) is 11.7. The van der Waals surface area contributed by atoms with Crippen LogP contribution < -0.4 is 11.1 Å². The van der Waals surface area contributed by atoms with Gasteiger partial charge in [0.05, 0.1) is 11.1 Å². The van der Waals surface area contributed by atoms with Gasteiger partial charge in [-0.1, -0.05) is 37.9 Å². The van der Waals surface area contributed by atoms with Crippen LogP contribution in [-0.4, -0.2) is 11.9 Å². The van der Waals surface area contributed by atoms with E-state index in [0.717, 1.165) is 12.0 Å². The summed E-state index contributed by atoms with van der Waals surface area (Å²) in [6.45, 7) is 4.21. The average molecular weight is 309 g/mol. The van der Waals surface area contributed by atoms with Gasteiger partial charge in [-0.25, -0.2) is 4.39 Å². The Morgan fingerprint density at radius 2 is 2.16 bits per heavy atom. The largest absolute Gasteiger partial charge is 0.351 e. The summed E-state index contributed by atoms with van der Waals surface area (Å²) in [7, 11) is 0. The number of benzene rings is 1. The molecule has 6 heteroatoms. The van der Waals surface area contributed by atoms with Crippen molar-refractivity contribution in [2.75, 3.05) is 0 Å². The minimum Gasteiger partial charge on any atom is -0.351 e. The van der Waals surface area contributed by atoms with Crippen LogP contribution in [0.3, 0.4) is 0 Å². The monoisotopic (exact) mass is 308 g/mol. The summed E-state index contributed by atoms with van der Waals surface area (Å²) in [5.74, 6) is -0.547. The number of carbonyl (C=O) groups excluding carboxylic acids is 1. The highest BCUT2D eigenvalue weighted by molar-refractivity contribution is 6.30. The molecule has 0 bridgehead atoms. The summed E-state index contributed by atoms with van der Waals surface area (Å²) in [5.41, 5.74) is 6.53. The molecule has 0 heterocycles. The van der Waals surface area contributed by atoms with E-state index in [1.54, 1.807) is 6.07 Å². The molecule has 0 aliphatic carbocycles. The maximum absolute atomic E-state index is 12.9. The maximum atomic E-state index is 12.9. The second-order valence-corrected chi connectivity index (χ2v) is 4.78. The second-order valence-electron chi connectivity index (χ2n) is 4.38. The van der Waals surface area contributed by atoms with Gasteiger partial charge < -0.3 is 11.1 Å². The number of hydrogen-bond acceptors (Lipinski definition) is 2. The zero-order valence-electron chi connectivity index (χ0n) is 11.0. The van der Waals surface area contributed by atoms with Gasteiger partial charge in [-0.15, -0.1) is 12.4 Å². The number of carbonyl (C=O) groups is 1. The van der Waals surface area contributed by atoms with Crippen molar-refractivity contribution in [3.8, 4) is 0 Å². The van der Waals surface area contributed by atoms with E-state index in [0.29, 0.717) is 6.54 Å². The van der Waals surface area contributed by atoms with Gasteiger partial charge in [0.2, 0.25) is 5.91 Å². The highest BCUT2D eigenvalue weighted by Crippen LogP contribution is 2.15. The Balaban J connectivity index is 0.00000324. The fourth-order valence-corrected chi connectivity index (χ4v) is 1.67. The molecule has 0 saturated carbocycles. The third-order valence-electron chi connectivity index (χ3n) is 3.01. The topological polar surface area (TPSA) is 55.1 Å². The molecule has 108 valence electrons. The lowest BCUT2D eigenvalue weighted by atomic mass is 9.99. The molecule has 2 unspecified atom stereocenters. The SMILES string of the molecule is CCC(C)C(N)C(=O)NCc1ccc(F)c(Cl)c1.Cl. The zero-order valence-corrected chi connectivity index (χ0v) is 12.5. The van der Waals surface area contributed by atoms with Gasteiger partial charge >= 0.3 is 0 Å². The summed E-state index contributed by atoms with van der Waals surface area (Å²) in [5, 5.41) is 2.76. The summed E-state index contributed by atoms with van der Waals surface area (Å²) < 4.78 is 12.9. The van der Waals surface area contributed by atoms with Crippen molar-refractivity contribution in [1.29, 1.82) is 0 Å². The van der Waals surface area contributed by atoms with E-state index in [2.05, 4.69) is 5.32 Å². The Labute approximate surface area is 124 Å². The number of halogens is 3. The number of nitrogens with two attached hydrogens (primary N) is 1. The van der Waals surface area contributed by atoms with Gasteiger partial charge in [0, 0.05) is 6.54 Å². The normalized spacial score (nSPS) is 13.3. The van der Waals surface area contributed by atoms with E-state index in [1.165, 1.54) is 12.1 Å². The molecule has 0 aliphatic heterocycles. The van der Waals surface area contributed by atoms with E-state index in [4.69, 9.17) is 17.3 Å². The van der Waals surface area contributed by atoms with E-state index >= 15 is 0 Å². The molecule has 1 aromatic rings. The molecule has 0 radical (unpaired) electrons. The lowest BCUT2D eigenvalue weighted by molar-refractivity contribution is -0.123. The molecular formula is C13H19Cl2FN2O. The molecule has 1 rings (SSSR count).